The smallest absolute Gasteiger partial charge is 0.303 e. The third kappa shape index (κ3) is 6.11. The number of rotatable bonds is 8. The molecule has 0 radical (unpaired) electrons. The number of alkyl halides is 3. The Morgan fingerprint density at radius 3 is 2.24 bits per heavy atom. The van der Waals surface area contributed by atoms with Crippen molar-refractivity contribution in [3.8, 4) is 12.1 Å². The van der Waals surface area contributed by atoms with Crippen molar-refractivity contribution in [1.82, 2.24) is 9.80 Å². The molecule has 4 nitrogen and oxygen atoms in total. The summed E-state index contributed by atoms with van der Waals surface area (Å²) in [7, 11) is 0. The first-order valence-electron chi connectivity index (χ1n) is 13.6. The first-order valence-corrected chi connectivity index (χ1v) is 13.6. The summed E-state index contributed by atoms with van der Waals surface area (Å²) in [6.07, 6.45) is 6.93. The number of hydrogen-bond acceptors (Lipinski definition) is 4. The second-order valence-electron chi connectivity index (χ2n) is 11.0. The predicted octanol–water partition coefficient (Wildman–Crippen LogP) is 6.33. The Hall–Kier alpha value is -2.61. The van der Waals surface area contributed by atoms with E-state index in [2.05, 4.69) is 21.9 Å². The summed E-state index contributed by atoms with van der Waals surface area (Å²) in [5.74, 6) is 0.806. The zero-order chi connectivity index (χ0) is 26.5. The molecule has 2 aliphatic heterocycles. The minimum absolute atomic E-state index is 0.0734. The molecule has 1 aromatic rings. The molecule has 4 rings (SSSR count). The lowest BCUT2D eigenvalue weighted by atomic mass is 9.60. The molecule has 37 heavy (non-hydrogen) atoms. The van der Waals surface area contributed by atoms with Crippen LogP contribution in [-0.2, 0) is 11.6 Å². The van der Waals surface area contributed by atoms with Crippen molar-refractivity contribution in [3.63, 3.8) is 0 Å². The van der Waals surface area contributed by atoms with E-state index in [0.717, 1.165) is 83.9 Å². The molecule has 1 aliphatic carbocycles. The molecule has 0 amide bonds. The largest absolute Gasteiger partial charge is 0.416 e. The van der Waals surface area contributed by atoms with Crippen LogP contribution in [0.25, 0.3) is 0 Å². The van der Waals surface area contributed by atoms with Crippen molar-refractivity contribution in [2.45, 2.75) is 57.0 Å². The summed E-state index contributed by atoms with van der Waals surface area (Å²) in [6, 6.07) is 10.4. The average Bonchev–Trinajstić information content (AvgIpc) is 3.41. The highest BCUT2D eigenvalue weighted by Gasteiger charge is 2.49. The van der Waals surface area contributed by atoms with Crippen LogP contribution in [0.3, 0.4) is 0 Å². The minimum Gasteiger partial charge on any atom is -0.303 e. The summed E-state index contributed by atoms with van der Waals surface area (Å²) in [5.41, 5.74) is -0.260. The Labute approximate surface area is 219 Å². The van der Waals surface area contributed by atoms with Crippen molar-refractivity contribution >= 4 is 0 Å². The topological polar surface area (TPSA) is 54.1 Å². The van der Waals surface area contributed by atoms with Gasteiger partial charge in [-0.05, 0) is 81.2 Å². The number of nitrogens with zero attached hydrogens (tertiary/aromatic N) is 4. The molecule has 7 heteroatoms. The molecule has 198 valence electrons. The molecule has 2 heterocycles. The van der Waals surface area contributed by atoms with Crippen molar-refractivity contribution in [2.24, 2.45) is 17.8 Å². The highest BCUT2D eigenvalue weighted by Crippen LogP contribution is 2.50. The molecular formula is C30H37F3N4. The van der Waals surface area contributed by atoms with Gasteiger partial charge in [0.1, 0.15) is 0 Å². The standard InChI is InChI=1S/C30H37F3N4/c1-2-23(18-34)7-6-14-37-20-24(21-37)19-36-15-12-26(13-16-36)29(22-35,25-8-3-4-9-25)27-10-5-11-28(17-27)30(31,32)33/h2,5-7,10-11,17,24-26H,3-4,8-9,12-16,19-21H2,1H3/b7-6-,23-2+. The molecule has 0 spiro atoms. The van der Waals surface area contributed by atoms with Gasteiger partial charge in [0, 0.05) is 31.8 Å². The summed E-state index contributed by atoms with van der Waals surface area (Å²) in [4.78, 5) is 4.85. The summed E-state index contributed by atoms with van der Waals surface area (Å²) < 4.78 is 40.6. The van der Waals surface area contributed by atoms with E-state index in [1.54, 1.807) is 12.1 Å². The van der Waals surface area contributed by atoms with Crippen LogP contribution in [-0.4, -0.2) is 49.1 Å². The van der Waals surface area contributed by atoms with Crippen LogP contribution in [0.15, 0.2) is 48.1 Å². The number of hydrogen-bond donors (Lipinski definition) is 0. The minimum atomic E-state index is -4.41. The third-order valence-electron chi connectivity index (χ3n) is 8.73. The highest BCUT2D eigenvalue weighted by molar-refractivity contribution is 5.39. The molecule has 3 fully saturated rings. The Balaban J connectivity index is 1.37. The first-order chi connectivity index (χ1) is 17.8. The molecule has 2 saturated heterocycles. The van der Waals surface area contributed by atoms with Crippen LogP contribution in [0.2, 0.25) is 0 Å². The fraction of sp³-hybridized carbons (Fsp3) is 0.600. The third-order valence-corrected chi connectivity index (χ3v) is 8.73. The number of halogens is 3. The lowest BCUT2D eigenvalue weighted by Gasteiger charge is -2.46. The zero-order valence-electron chi connectivity index (χ0n) is 21.7. The number of benzene rings is 1. The van der Waals surface area contributed by atoms with E-state index in [4.69, 9.17) is 5.26 Å². The highest BCUT2D eigenvalue weighted by atomic mass is 19.4. The van der Waals surface area contributed by atoms with Gasteiger partial charge in [0.25, 0.3) is 0 Å². The van der Waals surface area contributed by atoms with E-state index in [1.807, 2.05) is 19.1 Å². The van der Waals surface area contributed by atoms with Gasteiger partial charge in [-0.25, -0.2) is 0 Å². The maximum Gasteiger partial charge on any atom is 0.416 e. The van der Waals surface area contributed by atoms with Gasteiger partial charge in [0.2, 0.25) is 0 Å². The van der Waals surface area contributed by atoms with Gasteiger partial charge in [-0.15, -0.1) is 0 Å². The van der Waals surface area contributed by atoms with Crippen LogP contribution in [0.5, 0.6) is 0 Å². The number of allylic oxidation sites excluding steroid dienone is 3. The van der Waals surface area contributed by atoms with Gasteiger partial charge in [-0.2, -0.15) is 23.7 Å². The number of likely N-dealkylation sites (tertiary alicyclic amines) is 2. The Morgan fingerprint density at radius 2 is 1.65 bits per heavy atom. The van der Waals surface area contributed by atoms with E-state index in [-0.39, 0.29) is 11.8 Å². The van der Waals surface area contributed by atoms with Crippen LogP contribution < -0.4 is 0 Å². The molecule has 1 unspecified atom stereocenters. The quantitative estimate of drug-likeness (QED) is 0.303. The fourth-order valence-corrected chi connectivity index (χ4v) is 6.79. The SMILES string of the molecule is C/C=C(C#N)\C=C/CN1CC(CN2CCC(C(C#N)(c3cccc(C(F)(F)F)c3)C3CCCC3)CC2)C1. The van der Waals surface area contributed by atoms with Crippen LogP contribution >= 0.6 is 0 Å². The molecule has 0 bridgehead atoms. The van der Waals surface area contributed by atoms with Crippen molar-refractivity contribution in [3.05, 3.63) is 59.2 Å². The summed E-state index contributed by atoms with van der Waals surface area (Å²) in [5, 5.41) is 19.6. The first kappa shape index (κ1) is 27.4. The van der Waals surface area contributed by atoms with Gasteiger partial charge in [0.05, 0.1) is 23.1 Å². The summed E-state index contributed by atoms with van der Waals surface area (Å²) >= 11 is 0. The van der Waals surface area contributed by atoms with Crippen molar-refractivity contribution < 1.29 is 13.2 Å². The van der Waals surface area contributed by atoms with Gasteiger partial charge in [0.15, 0.2) is 0 Å². The molecular weight excluding hydrogens is 473 g/mol. The van der Waals surface area contributed by atoms with E-state index >= 15 is 0 Å². The maximum atomic E-state index is 13.5. The van der Waals surface area contributed by atoms with E-state index < -0.39 is 17.2 Å². The van der Waals surface area contributed by atoms with Crippen LogP contribution in [0, 0.1) is 40.4 Å². The lowest BCUT2D eigenvalue weighted by molar-refractivity contribution is -0.137. The molecule has 0 aromatic heterocycles. The Morgan fingerprint density at radius 1 is 1.00 bits per heavy atom. The fourth-order valence-electron chi connectivity index (χ4n) is 6.79. The molecule has 1 atom stereocenters. The van der Waals surface area contributed by atoms with Crippen LogP contribution in [0.1, 0.15) is 56.6 Å². The number of piperidine rings is 1. The van der Waals surface area contributed by atoms with Gasteiger partial charge >= 0.3 is 6.18 Å². The average molecular weight is 511 g/mol. The molecule has 1 saturated carbocycles. The van der Waals surface area contributed by atoms with Crippen molar-refractivity contribution in [1.29, 1.82) is 10.5 Å². The van der Waals surface area contributed by atoms with E-state index in [0.29, 0.717) is 17.1 Å². The second-order valence-corrected chi connectivity index (χ2v) is 11.0. The molecule has 0 N–H and O–H groups in total. The lowest BCUT2D eigenvalue weighted by Crippen LogP contribution is -2.53. The van der Waals surface area contributed by atoms with Gasteiger partial charge in [-0.1, -0.05) is 43.2 Å². The maximum absolute atomic E-state index is 13.5. The molecule has 1 aromatic carbocycles. The Kier molecular flexibility index (Phi) is 8.78. The predicted molar refractivity (Wildman–Crippen MR) is 138 cm³/mol. The molecule has 3 aliphatic rings. The van der Waals surface area contributed by atoms with E-state index in [9.17, 15) is 18.4 Å². The summed E-state index contributed by atoms with van der Waals surface area (Å²) in [6.45, 7) is 7.59. The Bertz CT molecular complexity index is 1060. The monoisotopic (exact) mass is 510 g/mol. The van der Waals surface area contributed by atoms with Gasteiger partial charge < -0.3 is 4.90 Å². The van der Waals surface area contributed by atoms with Crippen molar-refractivity contribution in [2.75, 3.05) is 39.3 Å². The van der Waals surface area contributed by atoms with E-state index in [1.165, 1.54) is 12.1 Å². The second kappa shape index (κ2) is 11.8. The normalized spacial score (nSPS) is 23.0. The zero-order valence-corrected chi connectivity index (χ0v) is 21.7. The van der Waals surface area contributed by atoms with Crippen LogP contribution in [0.4, 0.5) is 13.2 Å². The van der Waals surface area contributed by atoms with Gasteiger partial charge in [-0.3, -0.25) is 4.90 Å². The number of nitriles is 2.